The lowest BCUT2D eigenvalue weighted by Gasteiger charge is -1.83. The number of rotatable bonds is 0. The van der Waals surface area contributed by atoms with Crippen LogP contribution in [-0.4, -0.2) is 25.1 Å². The zero-order chi connectivity index (χ0) is 7.14. The summed E-state index contributed by atoms with van der Waals surface area (Å²) in [7, 11) is 0. The van der Waals surface area contributed by atoms with Crippen molar-refractivity contribution in [3.8, 4) is 0 Å². The van der Waals surface area contributed by atoms with Gasteiger partial charge in [0.1, 0.15) is 5.69 Å². The summed E-state index contributed by atoms with van der Waals surface area (Å²) in [6.45, 7) is 0. The number of hydrogen-bond acceptors (Lipinski definition) is 2. The normalized spacial score (nSPS) is 13.8. The summed E-state index contributed by atoms with van der Waals surface area (Å²) in [5.41, 5.74) is 0.944. The molecule has 0 aliphatic carbocycles. The molecule has 4 nitrogen and oxygen atoms in total. The Labute approximate surface area is 64.6 Å². The van der Waals surface area contributed by atoms with E-state index in [0.717, 1.165) is 0 Å². The minimum absolute atomic E-state index is 0. The molecule has 0 bridgehead atoms. The van der Waals surface area contributed by atoms with Crippen LogP contribution in [0.1, 0.15) is 10.5 Å². The van der Waals surface area contributed by atoms with Crippen molar-refractivity contribution < 1.29 is 9.59 Å². The molecular weight excluding hydrogens is 143 g/mol. The van der Waals surface area contributed by atoms with Gasteiger partial charge in [-0.1, -0.05) is 0 Å². The molecule has 0 atom stereocenters. The van der Waals surface area contributed by atoms with Crippen molar-refractivity contribution in [1.82, 2.24) is 4.98 Å². The van der Waals surface area contributed by atoms with E-state index < -0.39 is 11.7 Å². The largest absolute Gasteiger partial charge is 0.357 e. The molecule has 53 valence electrons. The lowest BCUT2D eigenvalue weighted by Crippen LogP contribution is -2.13. The van der Waals surface area contributed by atoms with Crippen LogP contribution in [0.2, 0.25) is 0 Å². The van der Waals surface area contributed by atoms with Gasteiger partial charge in [-0.25, -0.2) is 0 Å². The molecule has 0 saturated heterocycles. The molecule has 2 rings (SSSR count). The summed E-state index contributed by atoms with van der Waals surface area (Å²) in [4.78, 5) is 24.1. The number of ketones is 1. The Bertz CT molecular complexity index is 318. The first-order valence-electron chi connectivity index (χ1n) is 2.82. The maximum atomic E-state index is 10.8. The van der Waals surface area contributed by atoms with E-state index in [-0.39, 0.29) is 8.41 Å². The predicted octanol–water partition coefficient (Wildman–Crippen LogP) is -0.231. The van der Waals surface area contributed by atoms with E-state index in [1.54, 1.807) is 12.3 Å². The van der Waals surface area contributed by atoms with Crippen molar-refractivity contribution in [2.24, 2.45) is 0 Å². The maximum Gasteiger partial charge on any atom is 0.298 e. The third-order valence-corrected chi connectivity index (χ3v) is 1.43. The molecule has 0 unspecified atom stereocenters. The maximum absolute atomic E-state index is 10.8. The highest BCUT2D eigenvalue weighted by Crippen LogP contribution is 2.19. The van der Waals surface area contributed by atoms with E-state index in [1.165, 1.54) is 0 Å². The van der Waals surface area contributed by atoms with E-state index in [4.69, 9.17) is 0 Å². The van der Waals surface area contributed by atoms with Crippen LogP contribution in [0.15, 0.2) is 12.3 Å². The minimum atomic E-state index is -0.554. The third kappa shape index (κ3) is 0.850. The zero-order valence-electron chi connectivity index (χ0n) is 5.55. The quantitative estimate of drug-likeness (QED) is 0.393. The second-order valence-corrected chi connectivity index (χ2v) is 2.05. The molecule has 11 heavy (non-hydrogen) atoms. The van der Waals surface area contributed by atoms with Crippen LogP contribution in [0.3, 0.4) is 0 Å². The Balaban J connectivity index is 0.000000605. The summed E-state index contributed by atoms with van der Waals surface area (Å²) in [5.74, 6) is -1.04. The highest BCUT2D eigenvalue weighted by molar-refractivity contribution is 6.51. The second-order valence-electron chi connectivity index (χ2n) is 2.05. The Hall–Kier alpha value is -1.52. The average Bonchev–Trinajstić information content (AvgIpc) is 2.41. The van der Waals surface area contributed by atoms with Crippen LogP contribution in [0.4, 0.5) is 5.69 Å². The molecule has 0 fully saturated rings. The number of aromatic amines is 1. The van der Waals surface area contributed by atoms with Gasteiger partial charge in [-0.2, -0.15) is 0 Å². The van der Waals surface area contributed by atoms with Crippen LogP contribution >= 0.6 is 0 Å². The smallest absolute Gasteiger partial charge is 0.298 e. The number of aromatic nitrogens is 1. The van der Waals surface area contributed by atoms with Gasteiger partial charge in [0, 0.05) is 14.6 Å². The van der Waals surface area contributed by atoms with Gasteiger partial charge >= 0.3 is 0 Å². The molecule has 1 aliphatic heterocycles. The Morgan fingerprint density at radius 1 is 1.27 bits per heavy atom. The van der Waals surface area contributed by atoms with E-state index in [9.17, 15) is 9.59 Å². The fourth-order valence-electron chi connectivity index (χ4n) is 0.954. The summed E-state index contributed by atoms with van der Waals surface area (Å²) >= 11 is 0. The summed E-state index contributed by atoms with van der Waals surface area (Å²) in [6, 6.07) is 1.65. The number of carbonyl (C=O) groups excluding carboxylic acids is 2. The molecular formula is C6H4BN2O2. The monoisotopic (exact) mass is 147 g/mol. The van der Waals surface area contributed by atoms with Gasteiger partial charge in [0.2, 0.25) is 0 Å². The molecule has 0 saturated carbocycles. The van der Waals surface area contributed by atoms with Crippen LogP contribution < -0.4 is 5.32 Å². The van der Waals surface area contributed by atoms with Crippen molar-refractivity contribution in [2.45, 2.75) is 0 Å². The molecule has 1 aromatic heterocycles. The first-order chi connectivity index (χ1) is 4.79. The number of anilines is 1. The van der Waals surface area contributed by atoms with Gasteiger partial charge in [0.25, 0.3) is 11.7 Å². The van der Waals surface area contributed by atoms with Gasteiger partial charge in [-0.15, -0.1) is 0 Å². The fraction of sp³-hybridized carbons (Fsp3) is 0. The lowest BCUT2D eigenvalue weighted by molar-refractivity contribution is -0.112. The number of fused-ring (bicyclic) bond motifs is 1. The third-order valence-electron chi connectivity index (χ3n) is 1.43. The highest BCUT2D eigenvalue weighted by Gasteiger charge is 2.28. The van der Waals surface area contributed by atoms with Crippen molar-refractivity contribution in [1.29, 1.82) is 0 Å². The van der Waals surface area contributed by atoms with Crippen LogP contribution in [-0.2, 0) is 4.79 Å². The van der Waals surface area contributed by atoms with Crippen LogP contribution in [0, 0.1) is 0 Å². The number of nitrogens with one attached hydrogen (secondary N) is 2. The van der Waals surface area contributed by atoms with Gasteiger partial charge in [-0.05, 0) is 6.07 Å². The van der Waals surface area contributed by atoms with Crippen molar-refractivity contribution in [3.05, 3.63) is 18.0 Å². The standard InChI is InChI=1S/C6H4N2O2.B/c9-5-4-3(1-2-7-4)8-6(5)10;/h1-2,7H,(H,8,9,10);. The lowest BCUT2D eigenvalue weighted by atomic mass is 10.3. The molecule has 1 aromatic rings. The Morgan fingerprint density at radius 2 is 2.00 bits per heavy atom. The molecule has 0 spiro atoms. The molecule has 3 radical (unpaired) electrons. The van der Waals surface area contributed by atoms with E-state index in [2.05, 4.69) is 10.3 Å². The molecule has 2 N–H and O–H groups in total. The molecule has 2 heterocycles. The molecule has 1 aliphatic rings. The van der Waals surface area contributed by atoms with Crippen molar-refractivity contribution in [3.63, 3.8) is 0 Å². The predicted molar refractivity (Wildman–Crippen MR) is 39.5 cm³/mol. The molecule has 1 amide bonds. The number of amides is 1. The summed E-state index contributed by atoms with van der Waals surface area (Å²) in [6.07, 6.45) is 1.61. The minimum Gasteiger partial charge on any atom is -0.357 e. The van der Waals surface area contributed by atoms with Gasteiger partial charge in [0.05, 0.1) is 5.69 Å². The van der Waals surface area contributed by atoms with E-state index in [0.29, 0.717) is 11.4 Å². The number of hydrogen-bond donors (Lipinski definition) is 2. The SMILES string of the molecule is O=C1Nc2cc[nH]c2C1=O.[B]. The van der Waals surface area contributed by atoms with Crippen LogP contribution in [0.25, 0.3) is 0 Å². The fourth-order valence-corrected chi connectivity index (χ4v) is 0.954. The van der Waals surface area contributed by atoms with Crippen LogP contribution in [0.5, 0.6) is 0 Å². The van der Waals surface area contributed by atoms with E-state index >= 15 is 0 Å². The number of Topliss-reactive ketones (excluding diaryl/α,β-unsaturated/α-hetero) is 1. The first kappa shape index (κ1) is 7.59. The number of carbonyl (C=O) groups is 2. The Morgan fingerprint density at radius 3 is 2.64 bits per heavy atom. The zero-order valence-corrected chi connectivity index (χ0v) is 5.55. The van der Waals surface area contributed by atoms with Gasteiger partial charge in [0.15, 0.2) is 0 Å². The van der Waals surface area contributed by atoms with Crippen molar-refractivity contribution in [2.75, 3.05) is 5.32 Å². The molecule has 5 heteroatoms. The summed E-state index contributed by atoms with van der Waals surface area (Å²) < 4.78 is 0. The highest BCUT2D eigenvalue weighted by atomic mass is 16.2. The number of H-pyrrole nitrogens is 1. The first-order valence-corrected chi connectivity index (χ1v) is 2.82. The Kier molecular flexibility index (Phi) is 1.56. The average molecular weight is 147 g/mol. The topological polar surface area (TPSA) is 62.0 Å². The van der Waals surface area contributed by atoms with Gasteiger partial charge < -0.3 is 10.3 Å². The molecule has 0 aromatic carbocycles. The summed E-state index contributed by atoms with van der Waals surface area (Å²) in [5, 5.41) is 2.41. The van der Waals surface area contributed by atoms with Gasteiger partial charge in [-0.3, -0.25) is 9.59 Å². The van der Waals surface area contributed by atoms with Crippen molar-refractivity contribution >= 4 is 25.8 Å². The second kappa shape index (κ2) is 2.27. The van der Waals surface area contributed by atoms with E-state index in [1.807, 2.05) is 0 Å².